The highest BCUT2D eigenvalue weighted by molar-refractivity contribution is 6.73. The first-order valence-electron chi connectivity index (χ1n) is 16.7. The number of hydrogen-bond acceptors (Lipinski definition) is 5. The molecule has 0 spiro atoms. The number of rotatable bonds is 17. The van der Waals surface area contributed by atoms with Gasteiger partial charge in [0.15, 0.2) is 14.9 Å². The van der Waals surface area contributed by atoms with Crippen LogP contribution in [0.5, 0.6) is 5.75 Å². The van der Waals surface area contributed by atoms with Crippen molar-refractivity contribution < 1.29 is 23.8 Å². The zero-order valence-electron chi connectivity index (χ0n) is 26.5. The number of ether oxygens (including phenoxy) is 2. The third-order valence-electron chi connectivity index (χ3n) is 10.2. The molecule has 0 amide bonds. The van der Waals surface area contributed by atoms with Gasteiger partial charge in [-0.1, -0.05) is 89.4 Å². The van der Waals surface area contributed by atoms with Gasteiger partial charge in [0.05, 0.1) is 6.10 Å². The quantitative estimate of drug-likeness (QED) is 0.113. The van der Waals surface area contributed by atoms with E-state index in [0.29, 0.717) is 23.9 Å². The summed E-state index contributed by atoms with van der Waals surface area (Å²) in [5.74, 6) is 1.67. The van der Waals surface area contributed by atoms with E-state index in [1.165, 1.54) is 48.5 Å². The fourth-order valence-electron chi connectivity index (χ4n) is 7.47. The average molecular weight is 595 g/mol. The normalized spacial score (nSPS) is 22.3. The molecule has 1 saturated carbocycles. The van der Waals surface area contributed by atoms with E-state index in [1.807, 2.05) is 42.5 Å². The maximum absolute atomic E-state index is 12.4. The van der Waals surface area contributed by atoms with E-state index < -0.39 is 8.32 Å². The van der Waals surface area contributed by atoms with E-state index >= 15 is 0 Å². The van der Waals surface area contributed by atoms with Crippen molar-refractivity contribution in [1.29, 1.82) is 0 Å². The molecule has 1 fully saturated rings. The van der Waals surface area contributed by atoms with Crippen molar-refractivity contribution in [2.75, 3.05) is 6.61 Å². The van der Waals surface area contributed by atoms with Crippen LogP contribution in [0.3, 0.4) is 0 Å². The van der Waals surface area contributed by atoms with Gasteiger partial charge in [-0.25, -0.2) is 4.79 Å². The lowest BCUT2D eigenvalue weighted by molar-refractivity contribution is -0.147. The summed E-state index contributed by atoms with van der Waals surface area (Å²) >= 11 is 0. The second-order valence-corrected chi connectivity index (χ2v) is 17.4. The van der Waals surface area contributed by atoms with Gasteiger partial charge in [-0.2, -0.15) is 0 Å². The number of hydrogen-bond donors (Lipinski definition) is 1. The van der Waals surface area contributed by atoms with Crippen molar-refractivity contribution in [1.82, 2.24) is 0 Å². The van der Waals surface area contributed by atoms with Crippen LogP contribution >= 0.6 is 0 Å². The Bertz CT molecular complexity index is 1090. The molecule has 2 aromatic carbocycles. The second kappa shape index (κ2) is 16.1. The van der Waals surface area contributed by atoms with Crippen molar-refractivity contribution >= 4 is 14.3 Å². The second-order valence-electron chi connectivity index (χ2n) is 12.7. The molecule has 1 N–H and O–H groups in total. The molecule has 0 bridgehead atoms. The first-order chi connectivity index (χ1) is 20.4. The molecule has 0 aromatic heterocycles. The number of carbonyl (C=O) groups is 1. The van der Waals surface area contributed by atoms with E-state index in [9.17, 15) is 9.90 Å². The van der Waals surface area contributed by atoms with Gasteiger partial charge in [-0.3, -0.25) is 0 Å². The lowest BCUT2D eigenvalue weighted by Crippen LogP contribution is -2.40. The molecular formula is C36H54O5Si. The number of unbranched alkanes of at least 4 members (excludes halogenated alkanes) is 2. The molecular weight excluding hydrogens is 540 g/mol. The highest BCUT2D eigenvalue weighted by Gasteiger charge is 2.45. The summed E-state index contributed by atoms with van der Waals surface area (Å²) in [5, 5.41) is 11.3. The lowest BCUT2D eigenvalue weighted by atomic mass is 9.73. The van der Waals surface area contributed by atoms with Crippen molar-refractivity contribution in [3.8, 4) is 5.75 Å². The minimum atomic E-state index is -1.67. The standard InChI is InChI=1S/C36H54O5Si/c1-5-9-11-18-30(41-42(6-2,7-3)8-4)20-21-31-32-22-28-17-14-19-35(33(28)23-29(32)24-34(31)37)39-26-36(38)40-25-27-15-12-10-13-16-27/h10,12-17,19,29-32,34,37H,5-9,11,18,20-26H2,1-4H3/t29-,30?,31+,32-,34+/m0/s1. The maximum Gasteiger partial charge on any atom is 0.344 e. The summed E-state index contributed by atoms with van der Waals surface area (Å²) in [6.07, 6.45) is 9.77. The molecule has 42 heavy (non-hydrogen) atoms. The average Bonchev–Trinajstić information content (AvgIpc) is 3.33. The minimum Gasteiger partial charge on any atom is -0.482 e. The van der Waals surface area contributed by atoms with E-state index in [0.717, 1.165) is 49.8 Å². The van der Waals surface area contributed by atoms with Gasteiger partial charge >= 0.3 is 5.97 Å². The van der Waals surface area contributed by atoms with Crippen LogP contribution in [-0.2, 0) is 33.4 Å². The summed E-state index contributed by atoms with van der Waals surface area (Å²) < 4.78 is 18.5. The summed E-state index contributed by atoms with van der Waals surface area (Å²) in [6.45, 7) is 9.38. The van der Waals surface area contributed by atoms with Gasteiger partial charge in [-0.15, -0.1) is 0 Å². The third kappa shape index (κ3) is 8.48. The van der Waals surface area contributed by atoms with Crippen molar-refractivity contribution in [3.63, 3.8) is 0 Å². The first-order valence-corrected chi connectivity index (χ1v) is 19.2. The number of aliphatic hydroxyl groups is 1. The molecule has 5 nitrogen and oxygen atoms in total. The lowest BCUT2D eigenvalue weighted by Gasteiger charge is -2.35. The predicted octanol–water partition coefficient (Wildman–Crippen LogP) is 8.27. The van der Waals surface area contributed by atoms with E-state index in [2.05, 4.69) is 33.8 Å². The molecule has 0 aliphatic heterocycles. The maximum atomic E-state index is 12.4. The van der Waals surface area contributed by atoms with E-state index in [4.69, 9.17) is 13.9 Å². The molecule has 2 aliphatic carbocycles. The predicted molar refractivity (Wildman–Crippen MR) is 172 cm³/mol. The number of benzene rings is 2. The Balaban J connectivity index is 1.36. The Hall–Kier alpha value is -2.15. The minimum absolute atomic E-state index is 0.0971. The van der Waals surface area contributed by atoms with Crippen LogP contribution in [-0.4, -0.2) is 38.2 Å². The van der Waals surface area contributed by atoms with Gasteiger partial charge in [0.1, 0.15) is 12.4 Å². The molecule has 5 atom stereocenters. The molecule has 2 aliphatic rings. The Kier molecular flexibility index (Phi) is 12.5. The highest BCUT2D eigenvalue weighted by Crippen LogP contribution is 2.48. The largest absolute Gasteiger partial charge is 0.482 e. The molecule has 232 valence electrons. The Morgan fingerprint density at radius 1 is 0.952 bits per heavy atom. The van der Waals surface area contributed by atoms with Gasteiger partial charge in [0.2, 0.25) is 0 Å². The van der Waals surface area contributed by atoms with Crippen LogP contribution in [0.2, 0.25) is 18.1 Å². The Morgan fingerprint density at radius 2 is 1.71 bits per heavy atom. The summed E-state index contributed by atoms with van der Waals surface area (Å²) in [4.78, 5) is 12.4. The Morgan fingerprint density at radius 3 is 2.43 bits per heavy atom. The summed E-state index contributed by atoms with van der Waals surface area (Å²) in [7, 11) is -1.67. The summed E-state index contributed by atoms with van der Waals surface area (Å²) in [5.41, 5.74) is 3.47. The van der Waals surface area contributed by atoms with Gasteiger partial charge < -0.3 is 19.0 Å². The first kappa shape index (κ1) is 32.8. The molecule has 0 saturated heterocycles. The topological polar surface area (TPSA) is 65.0 Å². The van der Waals surface area contributed by atoms with E-state index in [1.54, 1.807) is 0 Å². The number of fused-ring (bicyclic) bond motifs is 2. The van der Waals surface area contributed by atoms with Crippen LogP contribution in [0.25, 0.3) is 0 Å². The molecule has 6 heteroatoms. The SMILES string of the molecule is CCCCCC(CC[C@@H]1[C@H]2Cc3cccc(OCC(=O)OCc4ccccc4)c3C[C@H]2C[C@H]1O)O[Si](CC)(CC)CC. The van der Waals surface area contributed by atoms with Crippen LogP contribution in [0.4, 0.5) is 0 Å². The van der Waals surface area contributed by atoms with Gasteiger partial charge in [0, 0.05) is 6.10 Å². The van der Waals surface area contributed by atoms with E-state index in [-0.39, 0.29) is 25.3 Å². The Labute approximate surface area is 255 Å². The fourth-order valence-corrected chi connectivity index (χ4v) is 10.4. The van der Waals surface area contributed by atoms with Crippen LogP contribution in [0.1, 0.15) is 89.3 Å². The van der Waals surface area contributed by atoms with Crippen molar-refractivity contribution in [2.24, 2.45) is 17.8 Å². The smallest absolute Gasteiger partial charge is 0.344 e. The number of esters is 1. The fraction of sp³-hybridized carbons (Fsp3) is 0.639. The molecule has 0 radical (unpaired) electrons. The van der Waals surface area contributed by atoms with Crippen molar-refractivity contribution in [2.45, 2.75) is 122 Å². The van der Waals surface area contributed by atoms with Gasteiger partial charge in [0.25, 0.3) is 0 Å². The number of aliphatic hydroxyl groups excluding tert-OH is 1. The number of carbonyl (C=O) groups excluding carboxylic acids is 1. The summed E-state index contributed by atoms with van der Waals surface area (Å²) in [6, 6.07) is 19.5. The monoisotopic (exact) mass is 594 g/mol. The third-order valence-corrected chi connectivity index (χ3v) is 14.9. The molecule has 4 rings (SSSR count). The molecule has 1 unspecified atom stereocenters. The highest BCUT2D eigenvalue weighted by atomic mass is 28.4. The zero-order valence-corrected chi connectivity index (χ0v) is 27.5. The van der Waals surface area contributed by atoms with Gasteiger partial charge in [-0.05, 0) is 97.2 Å². The molecule has 2 aromatic rings. The van der Waals surface area contributed by atoms with Crippen LogP contribution in [0.15, 0.2) is 48.5 Å². The van der Waals surface area contributed by atoms with Crippen molar-refractivity contribution in [3.05, 3.63) is 65.2 Å². The van der Waals surface area contributed by atoms with Crippen LogP contribution < -0.4 is 4.74 Å². The zero-order chi connectivity index (χ0) is 30.0. The molecule has 0 heterocycles. The van der Waals surface area contributed by atoms with Crippen LogP contribution in [0, 0.1) is 17.8 Å².